The summed E-state index contributed by atoms with van der Waals surface area (Å²) in [5.74, 6) is -13.3. The second-order valence-corrected chi connectivity index (χ2v) is 4.00. The Hall–Kier alpha value is -2.19. The average molecular weight is 311 g/mol. The first kappa shape index (κ1) is 16.9. The van der Waals surface area contributed by atoms with Crippen molar-refractivity contribution in [2.24, 2.45) is 0 Å². The summed E-state index contributed by atoms with van der Waals surface area (Å²) in [4.78, 5) is 23.3. The van der Waals surface area contributed by atoms with Crippen LogP contribution in [0.3, 0.4) is 0 Å². The van der Waals surface area contributed by atoms with Gasteiger partial charge >= 0.3 is 5.97 Å². The maximum absolute atomic E-state index is 13.4. The van der Waals surface area contributed by atoms with Gasteiger partial charge in [-0.2, -0.15) is 0 Å². The van der Waals surface area contributed by atoms with E-state index in [9.17, 15) is 31.5 Å². The fourth-order valence-electron chi connectivity index (χ4n) is 1.45. The summed E-state index contributed by atoms with van der Waals surface area (Å²) in [6.07, 6.45) is -0.297. The van der Waals surface area contributed by atoms with E-state index < -0.39 is 46.5 Å². The largest absolute Gasteiger partial charge is 0.469 e. The predicted octanol–water partition coefficient (Wildman–Crippen LogP) is 2.02. The number of hydrogen-bond donors (Lipinski definition) is 0. The van der Waals surface area contributed by atoms with Crippen LogP contribution in [0, 0.1) is 29.1 Å². The van der Waals surface area contributed by atoms with Gasteiger partial charge < -0.3 is 9.64 Å². The standard InChI is InChI=1S/C12H10F5NO3/c1-18(4-3-5(19)21-2)12(20)6-7(13)9(15)11(17)10(16)8(6)14/h3-4H2,1-2H3. The number of amides is 1. The van der Waals surface area contributed by atoms with Gasteiger partial charge in [-0.3, -0.25) is 9.59 Å². The number of halogens is 5. The average Bonchev–Trinajstić information content (AvgIpc) is 2.48. The Kier molecular flexibility index (Phi) is 5.23. The van der Waals surface area contributed by atoms with Gasteiger partial charge in [0.15, 0.2) is 23.3 Å². The molecule has 0 spiro atoms. The van der Waals surface area contributed by atoms with Crippen LogP contribution >= 0.6 is 0 Å². The molecule has 21 heavy (non-hydrogen) atoms. The topological polar surface area (TPSA) is 46.6 Å². The minimum atomic E-state index is -2.35. The zero-order chi connectivity index (χ0) is 16.3. The number of esters is 1. The summed E-state index contributed by atoms with van der Waals surface area (Å²) in [5.41, 5.74) is -1.57. The van der Waals surface area contributed by atoms with Crippen LogP contribution in [0.15, 0.2) is 0 Å². The van der Waals surface area contributed by atoms with Crippen LogP contribution in [0.2, 0.25) is 0 Å². The quantitative estimate of drug-likeness (QED) is 0.370. The molecule has 0 aliphatic carbocycles. The maximum Gasteiger partial charge on any atom is 0.307 e. The molecule has 0 aliphatic rings. The summed E-state index contributed by atoms with van der Waals surface area (Å²) < 4.78 is 70.0. The summed E-state index contributed by atoms with van der Waals surface area (Å²) in [6.45, 7) is -0.314. The summed E-state index contributed by atoms with van der Waals surface area (Å²) in [5, 5.41) is 0. The van der Waals surface area contributed by atoms with Gasteiger partial charge in [0, 0.05) is 13.6 Å². The van der Waals surface area contributed by atoms with Gasteiger partial charge in [0.1, 0.15) is 5.56 Å². The van der Waals surface area contributed by atoms with E-state index in [4.69, 9.17) is 0 Å². The van der Waals surface area contributed by atoms with Crippen LogP contribution in [0.5, 0.6) is 0 Å². The van der Waals surface area contributed by atoms with E-state index in [0.717, 1.165) is 14.2 Å². The smallest absolute Gasteiger partial charge is 0.307 e. The van der Waals surface area contributed by atoms with Crippen molar-refractivity contribution >= 4 is 11.9 Å². The zero-order valence-electron chi connectivity index (χ0n) is 11.0. The predicted molar refractivity (Wildman–Crippen MR) is 59.8 cm³/mol. The number of hydrogen-bond acceptors (Lipinski definition) is 3. The lowest BCUT2D eigenvalue weighted by Crippen LogP contribution is -2.31. The van der Waals surface area contributed by atoms with Crippen molar-refractivity contribution < 1.29 is 36.3 Å². The Morgan fingerprint density at radius 2 is 1.38 bits per heavy atom. The first-order valence-corrected chi connectivity index (χ1v) is 5.56. The Bertz CT molecular complexity index is 562. The molecule has 0 saturated heterocycles. The molecular formula is C12H10F5NO3. The monoisotopic (exact) mass is 311 g/mol. The van der Waals surface area contributed by atoms with Crippen molar-refractivity contribution in [3.8, 4) is 0 Å². The molecule has 0 N–H and O–H groups in total. The summed E-state index contributed by atoms with van der Waals surface area (Å²) in [7, 11) is 2.14. The van der Waals surface area contributed by atoms with Crippen LogP contribution in [0.1, 0.15) is 16.8 Å². The first-order valence-electron chi connectivity index (χ1n) is 5.56. The van der Waals surface area contributed by atoms with Crippen molar-refractivity contribution in [1.29, 1.82) is 0 Å². The fourth-order valence-corrected chi connectivity index (χ4v) is 1.45. The Morgan fingerprint density at radius 3 is 1.81 bits per heavy atom. The third-order valence-electron chi connectivity index (χ3n) is 2.65. The maximum atomic E-state index is 13.4. The van der Waals surface area contributed by atoms with Crippen molar-refractivity contribution in [1.82, 2.24) is 4.90 Å². The lowest BCUT2D eigenvalue weighted by atomic mass is 10.1. The van der Waals surface area contributed by atoms with E-state index in [1.807, 2.05) is 0 Å². The van der Waals surface area contributed by atoms with E-state index >= 15 is 0 Å². The summed E-state index contributed by atoms with van der Waals surface area (Å²) >= 11 is 0. The Balaban J connectivity index is 3.11. The molecule has 9 heteroatoms. The van der Waals surface area contributed by atoms with Crippen molar-refractivity contribution in [2.45, 2.75) is 6.42 Å². The minimum absolute atomic E-state index is 0.297. The van der Waals surface area contributed by atoms with E-state index in [-0.39, 0.29) is 13.0 Å². The van der Waals surface area contributed by atoms with Crippen LogP contribution in [0.25, 0.3) is 0 Å². The highest BCUT2D eigenvalue weighted by atomic mass is 19.2. The molecule has 116 valence electrons. The lowest BCUT2D eigenvalue weighted by molar-refractivity contribution is -0.140. The SMILES string of the molecule is COC(=O)CCN(C)C(=O)c1c(F)c(F)c(F)c(F)c1F. The molecule has 0 fully saturated rings. The van der Waals surface area contributed by atoms with E-state index in [2.05, 4.69) is 4.74 Å². The van der Waals surface area contributed by atoms with Crippen LogP contribution < -0.4 is 0 Å². The third-order valence-corrected chi connectivity index (χ3v) is 2.65. The second kappa shape index (κ2) is 6.51. The highest BCUT2D eigenvalue weighted by molar-refractivity contribution is 5.94. The molecule has 0 unspecified atom stereocenters. The van der Waals surface area contributed by atoms with Crippen LogP contribution in [-0.4, -0.2) is 37.5 Å². The molecule has 0 heterocycles. The highest BCUT2D eigenvalue weighted by Crippen LogP contribution is 2.24. The molecule has 0 aliphatic heterocycles. The first-order chi connectivity index (χ1) is 9.72. The number of rotatable bonds is 4. The van der Waals surface area contributed by atoms with Crippen LogP contribution in [-0.2, 0) is 9.53 Å². The van der Waals surface area contributed by atoms with Gasteiger partial charge in [-0.1, -0.05) is 0 Å². The lowest BCUT2D eigenvalue weighted by Gasteiger charge is -2.17. The zero-order valence-corrected chi connectivity index (χ0v) is 11.0. The number of methoxy groups -OCH3 is 1. The molecule has 0 radical (unpaired) electrons. The highest BCUT2D eigenvalue weighted by Gasteiger charge is 2.31. The van der Waals surface area contributed by atoms with Gasteiger partial charge in [-0.05, 0) is 0 Å². The fraction of sp³-hybridized carbons (Fsp3) is 0.333. The second-order valence-electron chi connectivity index (χ2n) is 4.00. The van der Waals surface area contributed by atoms with Crippen molar-refractivity contribution in [3.05, 3.63) is 34.6 Å². The molecule has 1 rings (SSSR count). The molecule has 0 saturated carbocycles. The van der Waals surface area contributed by atoms with E-state index in [1.54, 1.807) is 0 Å². The minimum Gasteiger partial charge on any atom is -0.469 e. The van der Waals surface area contributed by atoms with E-state index in [1.165, 1.54) is 0 Å². The van der Waals surface area contributed by atoms with Gasteiger partial charge in [0.25, 0.3) is 5.91 Å². The van der Waals surface area contributed by atoms with Crippen molar-refractivity contribution in [2.75, 3.05) is 20.7 Å². The van der Waals surface area contributed by atoms with Gasteiger partial charge in [-0.25, -0.2) is 22.0 Å². The number of carbonyl (C=O) groups excluding carboxylic acids is 2. The number of nitrogens with zero attached hydrogens (tertiary/aromatic N) is 1. The number of benzene rings is 1. The third kappa shape index (κ3) is 3.29. The molecule has 0 atom stereocenters. The number of carbonyl (C=O) groups is 2. The molecule has 1 amide bonds. The molecule has 1 aromatic carbocycles. The Labute approximate surface area is 116 Å². The summed E-state index contributed by atoms with van der Waals surface area (Å²) in [6, 6.07) is 0. The van der Waals surface area contributed by atoms with Gasteiger partial charge in [-0.15, -0.1) is 0 Å². The Morgan fingerprint density at radius 1 is 0.952 bits per heavy atom. The van der Waals surface area contributed by atoms with Crippen LogP contribution in [0.4, 0.5) is 22.0 Å². The molecule has 4 nitrogen and oxygen atoms in total. The molecule has 0 bridgehead atoms. The van der Waals surface area contributed by atoms with Crippen molar-refractivity contribution in [3.63, 3.8) is 0 Å². The number of ether oxygens (including phenoxy) is 1. The molecule has 0 aromatic heterocycles. The van der Waals surface area contributed by atoms with E-state index in [0.29, 0.717) is 4.90 Å². The van der Waals surface area contributed by atoms with Gasteiger partial charge in [0.05, 0.1) is 13.5 Å². The van der Waals surface area contributed by atoms with Gasteiger partial charge in [0.2, 0.25) is 5.82 Å². The normalized spacial score (nSPS) is 10.4. The molecule has 1 aromatic rings. The molecular weight excluding hydrogens is 301 g/mol.